The van der Waals surface area contributed by atoms with E-state index in [0.717, 1.165) is 28.7 Å². The van der Waals surface area contributed by atoms with Gasteiger partial charge < -0.3 is 21.1 Å². The summed E-state index contributed by atoms with van der Waals surface area (Å²) in [7, 11) is 0. The Morgan fingerprint density at radius 1 is 0.762 bits per heavy atom. The van der Waals surface area contributed by atoms with Crippen LogP contribution in [-0.2, 0) is 16.0 Å². The third-order valence-corrected chi connectivity index (χ3v) is 7.50. The molecule has 0 heterocycles. The van der Waals surface area contributed by atoms with E-state index < -0.39 is 35.8 Å². The molecule has 0 aliphatic rings. The third kappa shape index (κ3) is 9.75. The molecule has 3 aromatic carbocycles. The van der Waals surface area contributed by atoms with Crippen molar-refractivity contribution in [1.29, 1.82) is 0 Å². The van der Waals surface area contributed by atoms with Crippen molar-refractivity contribution in [2.75, 3.05) is 13.1 Å². The van der Waals surface area contributed by atoms with Crippen molar-refractivity contribution in [2.45, 2.75) is 58.9 Å². The molecule has 0 radical (unpaired) electrons. The Balaban J connectivity index is 1.92. The van der Waals surface area contributed by atoms with Crippen LogP contribution in [0.15, 0.2) is 84.9 Å². The molecule has 224 valence electrons. The summed E-state index contributed by atoms with van der Waals surface area (Å²) in [6, 6.07) is 25.8. The highest BCUT2D eigenvalue weighted by atomic mass is 16.4. The minimum absolute atomic E-state index is 0.114. The van der Waals surface area contributed by atoms with Gasteiger partial charge in [0.15, 0.2) is 0 Å². The smallest absolute Gasteiger partial charge is 0.326 e. The van der Waals surface area contributed by atoms with E-state index in [1.165, 1.54) is 0 Å². The first-order chi connectivity index (χ1) is 20.0. The summed E-state index contributed by atoms with van der Waals surface area (Å²) < 4.78 is 0. The largest absolute Gasteiger partial charge is 0.480 e. The Morgan fingerprint density at radius 3 is 1.86 bits per heavy atom. The van der Waals surface area contributed by atoms with E-state index in [1.54, 1.807) is 4.90 Å². The summed E-state index contributed by atoms with van der Waals surface area (Å²) in [6.07, 6.45) is 1.80. The molecule has 1 unspecified atom stereocenters. The number of nitrogens with one attached hydrogen (secondary N) is 1. The quantitative estimate of drug-likeness (QED) is 0.198. The molecule has 3 atom stereocenters. The first kappa shape index (κ1) is 32.4. The van der Waals surface area contributed by atoms with E-state index in [1.807, 2.05) is 98.8 Å². The molecule has 7 heteroatoms. The van der Waals surface area contributed by atoms with Crippen LogP contribution < -0.4 is 11.1 Å². The molecule has 4 N–H and O–H groups in total. The Bertz CT molecular complexity index is 1280. The van der Waals surface area contributed by atoms with Gasteiger partial charge >= 0.3 is 12.0 Å². The van der Waals surface area contributed by atoms with Crippen LogP contribution in [0.25, 0.3) is 11.1 Å². The van der Waals surface area contributed by atoms with Crippen molar-refractivity contribution in [1.82, 2.24) is 10.2 Å². The van der Waals surface area contributed by atoms with Crippen molar-refractivity contribution in [2.24, 2.45) is 23.5 Å². The Hall–Kier alpha value is -4.13. The number of amides is 3. The fourth-order valence-electron chi connectivity index (χ4n) is 5.21. The molecule has 42 heavy (non-hydrogen) atoms. The molecular formula is C35H45N3O4. The van der Waals surface area contributed by atoms with Crippen LogP contribution in [0.1, 0.15) is 57.6 Å². The molecule has 3 amide bonds. The lowest BCUT2D eigenvalue weighted by Gasteiger charge is -2.32. The Morgan fingerprint density at radius 2 is 1.33 bits per heavy atom. The van der Waals surface area contributed by atoms with Gasteiger partial charge in [0.05, 0.1) is 5.92 Å². The van der Waals surface area contributed by atoms with Gasteiger partial charge in [0.1, 0.15) is 6.04 Å². The van der Waals surface area contributed by atoms with Crippen LogP contribution in [0.5, 0.6) is 0 Å². The van der Waals surface area contributed by atoms with Crippen molar-refractivity contribution in [3.05, 3.63) is 96.1 Å². The summed E-state index contributed by atoms with van der Waals surface area (Å²) in [4.78, 5) is 40.3. The zero-order chi connectivity index (χ0) is 30.6. The number of primary amides is 1. The molecule has 3 aromatic rings. The fraction of sp³-hybridized carbons (Fsp3) is 0.400. The maximum absolute atomic E-state index is 13.7. The van der Waals surface area contributed by atoms with Gasteiger partial charge in [0.25, 0.3) is 0 Å². The maximum atomic E-state index is 13.7. The first-order valence-electron chi connectivity index (χ1n) is 14.8. The number of hydrogen-bond donors (Lipinski definition) is 3. The number of carbonyl (C=O) groups excluding carboxylic acids is 2. The average molecular weight is 572 g/mol. The van der Waals surface area contributed by atoms with Gasteiger partial charge in [-0.1, -0.05) is 119 Å². The van der Waals surface area contributed by atoms with Gasteiger partial charge in [-0.05, 0) is 46.9 Å². The summed E-state index contributed by atoms with van der Waals surface area (Å²) in [5.41, 5.74) is 9.60. The number of hydrogen-bond acceptors (Lipinski definition) is 3. The second-order valence-corrected chi connectivity index (χ2v) is 11.9. The van der Waals surface area contributed by atoms with Crippen molar-refractivity contribution < 1.29 is 19.5 Å². The zero-order valence-electron chi connectivity index (χ0n) is 25.2. The Kier molecular flexibility index (Phi) is 12.1. The topological polar surface area (TPSA) is 113 Å². The molecular weight excluding hydrogens is 526 g/mol. The maximum Gasteiger partial charge on any atom is 0.326 e. The van der Waals surface area contributed by atoms with E-state index in [4.69, 9.17) is 5.73 Å². The SMILES string of the molecule is CC(C)CC[C@@H](CN(CC(C)C)C(=O)N[C@H](C(=O)O)C(Cc1ccccc1)c1ccc(-c2ccccc2)cc1)C(N)=O. The van der Waals surface area contributed by atoms with E-state index in [-0.39, 0.29) is 12.5 Å². The van der Waals surface area contributed by atoms with Crippen LogP contribution in [0.3, 0.4) is 0 Å². The number of carboxylic acids is 1. The van der Waals surface area contributed by atoms with E-state index >= 15 is 0 Å². The monoisotopic (exact) mass is 571 g/mol. The number of carboxylic acid groups (broad SMARTS) is 1. The summed E-state index contributed by atoms with van der Waals surface area (Å²) >= 11 is 0. The van der Waals surface area contributed by atoms with Crippen LogP contribution in [-0.4, -0.2) is 47.0 Å². The van der Waals surface area contributed by atoms with E-state index in [0.29, 0.717) is 25.3 Å². The van der Waals surface area contributed by atoms with Gasteiger partial charge in [0, 0.05) is 19.0 Å². The van der Waals surface area contributed by atoms with Gasteiger partial charge in [0.2, 0.25) is 5.91 Å². The second kappa shape index (κ2) is 15.8. The highest BCUT2D eigenvalue weighted by Gasteiger charge is 2.33. The van der Waals surface area contributed by atoms with Crippen molar-refractivity contribution in [3.63, 3.8) is 0 Å². The molecule has 0 spiro atoms. The lowest BCUT2D eigenvalue weighted by Crippen LogP contribution is -2.53. The number of carbonyl (C=O) groups is 3. The number of rotatable bonds is 15. The van der Waals surface area contributed by atoms with Gasteiger partial charge in [-0.15, -0.1) is 0 Å². The van der Waals surface area contributed by atoms with Gasteiger partial charge in [-0.3, -0.25) is 4.79 Å². The van der Waals surface area contributed by atoms with Gasteiger partial charge in [-0.2, -0.15) is 0 Å². The predicted molar refractivity (Wildman–Crippen MR) is 168 cm³/mol. The summed E-state index contributed by atoms with van der Waals surface area (Å²) in [5.74, 6) is -2.11. The molecule has 0 aliphatic heterocycles. The molecule has 0 saturated carbocycles. The summed E-state index contributed by atoms with van der Waals surface area (Å²) in [5, 5.41) is 13.3. The average Bonchev–Trinajstić information content (AvgIpc) is 2.96. The normalized spacial score (nSPS) is 13.4. The number of benzene rings is 3. The number of aliphatic carboxylic acids is 1. The fourth-order valence-corrected chi connectivity index (χ4v) is 5.21. The lowest BCUT2D eigenvalue weighted by molar-refractivity contribution is -0.140. The van der Waals surface area contributed by atoms with Crippen molar-refractivity contribution >= 4 is 17.9 Å². The number of nitrogens with zero attached hydrogens (tertiary/aromatic N) is 1. The van der Waals surface area contributed by atoms with Gasteiger partial charge in [-0.25, -0.2) is 9.59 Å². The van der Waals surface area contributed by atoms with E-state index in [9.17, 15) is 19.5 Å². The van der Waals surface area contributed by atoms with Crippen molar-refractivity contribution in [3.8, 4) is 11.1 Å². The van der Waals surface area contributed by atoms with Crippen LogP contribution >= 0.6 is 0 Å². The molecule has 0 saturated heterocycles. The van der Waals surface area contributed by atoms with E-state index in [2.05, 4.69) is 19.2 Å². The second-order valence-electron chi connectivity index (χ2n) is 11.9. The minimum atomic E-state index is -1.20. The predicted octanol–water partition coefficient (Wildman–Crippen LogP) is 6.34. The lowest BCUT2D eigenvalue weighted by atomic mass is 9.85. The van der Waals surface area contributed by atoms with Crippen LogP contribution in [0, 0.1) is 17.8 Å². The number of urea groups is 1. The molecule has 0 aromatic heterocycles. The van der Waals surface area contributed by atoms with Crippen LogP contribution in [0.2, 0.25) is 0 Å². The molecule has 7 nitrogen and oxygen atoms in total. The molecule has 0 aliphatic carbocycles. The molecule has 3 rings (SSSR count). The zero-order valence-corrected chi connectivity index (χ0v) is 25.2. The highest BCUT2D eigenvalue weighted by Crippen LogP contribution is 2.28. The minimum Gasteiger partial charge on any atom is -0.480 e. The first-order valence-corrected chi connectivity index (χ1v) is 14.8. The highest BCUT2D eigenvalue weighted by molar-refractivity contribution is 5.84. The third-order valence-electron chi connectivity index (χ3n) is 7.50. The Labute approximate surface area is 250 Å². The number of nitrogens with two attached hydrogens (primary N) is 1. The molecule has 0 fully saturated rings. The van der Waals surface area contributed by atoms with Crippen LogP contribution in [0.4, 0.5) is 4.79 Å². The standard InChI is InChI=1S/C35H45N3O4/c1-24(2)15-16-30(33(36)39)23-38(22-25(3)4)35(42)37-32(34(40)41)31(21-26-11-7-5-8-12-26)29-19-17-28(18-20-29)27-13-9-6-10-14-27/h5-14,17-20,24-25,30-32H,15-16,21-23H2,1-4H3,(H2,36,39)(H,37,42)(H,40,41)/t30-,31?,32-/m0/s1. The summed E-state index contributed by atoms with van der Waals surface area (Å²) in [6.45, 7) is 8.64. The molecule has 0 bridgehead atoms.